The van der Waals surface area contributed by atoms with E-state index >= 15 is 0 Å². The molecule has 0 saturated heterocycles. The molecule has 2 rings (SSSR count). The van der Waals surface area contributed by atoms with Gasteiger partial charge in [0.15, 0.2) is 0 Å². The van der Waals surface area contributed by atoms with Crippen LogP contribution in [0.2, 0.25) is 0 Å². The van der Waals surface area contributed by atoms with E-state index in [9.17, 15) is 4.79 Å². The van der Waals surface area contributed by atoms with Crippen LogP contribution in [0.4, 0.5) is 0 Å². The van der Waals surface area contributed by atoms with Crippen molar-refractivity contribution >= 4 is 5.97 Å². The van der Waals surface area contributed by atoms with E-state index in [0.29, 0.717) is 6.54 Å². The zero-order valence-electron chi connectivity index (χ0n) is 9.10. The van der Waals surface area contributed by atoms with Crippen molar-refractivity contribution in [1.82, 2.24) is 4.90 Å². The van der Waals surface area contributed by atoms with Crippen molar-refractivity contribution < 1.29 is 9.90 Å². The SMILES string of the molecule is NC(CN1CCc2ccccc2C1)C(=O)O. The fourth-order valence-corrected chi connectivity index (χ4v) is 2.07. The average Bonchev–Trinajstić information content (AvgIpc) is 2.28. The summed E-state index contributed by atoms with van der Waals surface area (Å²) in [5.41, 5.74) is 8.17. The van der Waals surface area contributed by atoms with Gasteiger partial charge in [0.1, 0.15) is 6.04 Å². The first kappa shape index (κ1) is 11.1. The van der Waals surface area contributed by atoms with Gasteiger partial charge in [0.25, 0.3) is 0 Å². The highest BCUT2D eigenvalue weighted by atomic mass is 16.4. The van der Waals surface area contributed by atoms with Gasteiger partial charge in [0.05, 0.1) is 0 Å². The van der Waals surface area contributed by atoms with Gasteiger partial charge in [-0.3, -0.25) is 9.69 Å². The lowest BCUT2D eigenvalue weighted by Crippen LogP contribution is -2.44. The van der Waals surface area contributed by atoms with E-state index in [4.69, 9.17) is 10.8 Å². The number of carboxylic acids is 1. The number of nitrogens with two attached hydrogens (primary N) is 1. The van der Waals surface area contributed by atoms with Crippen molar-refractivity contribution in [2.24, 2.45) is 5.73 Å². The maximum Gasteiger partial charge on any atom is 0.321 e. The molecule has 1 unspecified atom stereocenters. The molecule has 4 heteroatoms. The number of carbonyl (C=O) groups is 1. The van der Waals surface area contributed by atoms with Crippen LogP contribution in [0.5, 0.6) is 0 Å². The molecule has 1 aliphatic rings. The minimum Gasteiger partial charge on any atom is -0.480 e. The van der Waals surface area contributed by atoms with Crippen LogP contribution in [0.25, 0.3) is 0 Å². The summed E-state index contributed by atoms with van der Waals surface area (Å²) in [6.07, 6.45) is 0.975. The first-order valence-electron chi connectivity index (χ1n) is 5.44. The Balaban J connectivity index is 2.00. The van der Waals surface area contributed by atoms with Crippen LogP contribution < -0.4 is 5.73 Å². The van der Waals surface area contributed by atoms with E-state index in [1.807, 2.05) is 12.1 Å². The number of aliphatic carboxylic acids is 1. The number of rotatable bonds is 3. The summed E-state index contributed by atoms with van der Waals surface area (Å²) in [7, 11) is 0. The molecule has 0 fully saturated rings. The van der Waals surface area contributed by atoms with E-state index in [2.05, 4.69) is 17.0 Å². The molecule has 0 bridgehead atoms. The first-order valence-corrected chi connectivity index (χ1v) is 5.44. The van der Waals surface area contributed by atoms with E-state index in [-0.39, 0.29) is 0 Å². The highest BCUT2D eigenvalue weighted by Crippen LogP contribution is 2.18. The zero-order valence-corrected chi connectivity index (χ0v) is 9.10. The topological polar surface area (TPSA) is 66.6 Å². The maximum atomic E-state index is 10.7. The minimum atomic E-state index is -0.932. The Bertz CT molecular complexity index is 392. The van der Waals surface area contributed by atoms with Crippen molar-refractivity contribution in [3.8, 4) is 0 Å². The van der Waals surface area contributed by atoms with Crippen molar-refractivity contribution in [2.45, 2.75) is 19.0 Å². The lowest BCUT2D eigenvalue weighted by atomic mass is 9.99. The summed E-state index contributed by atoms with van der Waals surface area (Å²) >= 11 is 0. The lowest BCUT2D eigenvalue weighted by molar-refractivity contribution is -0.139. The Kier molecular flexibility index (Phi) is 3.22. The van der Waals surface area contributed by atoms with Gasteiger partial charge in [-0.15, -0.1) is 0 Å². The maximum absolute atomic E-state index is 10.7. The molecule has 0 amide bonds. The number of carboxylic acid groups (broad SMARTS) is 1. The highest BCUT2D eigenvalue weighted by molar-refractivity contribution is 5.73. The van der Waals surface area contributed by atoms with Crippen LogP contribution in [-0.4, -0.2) is 35.1 Å². The Labute approximate surface area is 94.7 Å². The molecular formula is C12H16N2O2. The molecule has 3 N–H and O–H groups in total. The Hall–Kier alpha value is -1.39. The van der Waals surface area contributed by atoms with Crippen LogP contribution in [0.3, 0.4) is 0 Å². The number of nitrogens with zero attached hydrogens (tertiary/aromatic N) is 1. The monoisotopic (exact) mass is 220 g/mol. The van der Waals surface area contributed by atoms with Gasteiger partial charge in [-0.1, -0.05) is 24.3 Å². The van der Waals surface area contributed by atoms with Gasteiger partial charge in [0, 0.05) is 19.6 Å². The standard InChI is InChI=1S/C12H16N2O2/c13-11(12(15)16)8-14-6-5-9-3-1-2-4-10(9)7-14/h1-4,11H,5-8,13H2,(H,15,16). The highest BCUT2D eigenvalue weighted by Gasteiger charge is 2.20. The third-order valence-electron chi connectivity index (χ3n) is 2.98. The largest absolute Gasteiger partial charge is 0.480 e. The molecule has 4 nitrogen and oxygen atoms in total. The van der Waals surface area contributed by atoms with Gasteiger partial charge in [-0.2, -0.15) is 0 Å². The summed E-state index contributed by atoms with van der Waals surface area (Å²) < 4.78 is 0. The molecular weight excluding hydrogens is 204 g/mol. The van der Waals surface area contributed by atoms with Crippen LogP contribution in [0.15, 0.2) is 24.3 Å². The van der Waals surface area contributed by atoms with E-state index in [1.54, 1.807) is 0 Å². The Morgan fingerprint density at radius 3 is 2.81 bits per heavy atom. The smallest absolute Gasteiger partial charge is 0.321 e. The van der Waals surface area contributed by atoms with Crippen molar-refractivity contribution in [3.63, 3.8) is 0 Å². The third-order valence-corrected chi connectivity index (χ3v) is 2.98. The number of hydrogen-bond acceptors (Lipinski definition) is 3. The van der Waals surface area contributed by atoms with Gasteiger partial charge in [0.2, 0.25) is 0 Å². The summed E-state index contributed by atoms with van der Waals surface area (Å²) in [4.78, 5) is 12.8. The fourth-order valence-electron chi connectivity index (χ4n) is 2.07. The second-order valence-electron chi connectivity index (χ2n) is 4.20. The normalized spacial score (nSPS) is 17.8. The molecule has 0 spiro atoms. The van der Waals surface area contributed by atoms with Crippen LogP contribution in [0.1, 0.15) is 11.1 Å². The van der Waals surface area contributed by atoms with Crippen LogP contribution in [0, 0.1) is 0 Å². The van der Waals surface area contributed by atoms with Crippen molar-refractivity contribution in [1.29, 1.82) is 0 Å². The first-order chi connectivity index (χ1) is 7.66. The molecule has 1 atom stereocenters. The number of benzene rings is 1. The van der Waals surface area contributed by atoms with E-state index < -0.39 is 12.0 Å². The second-order valence-corrected chi connectivity index (χ2v) is 4.20. The van der Waals surface area contributed by atoms with E-state index in [0.717, 1.165) is 19.5 Å². The lowest BCUT2D eigenvalue weighted by Gasteiger charge is -2.29. The molecule has 1 aromatic carbocycles. The van der Waals surface area contributed by atoms with Gasteiger partial charge < -0.3 is 10.8 Å². The molecule has 1 aliphatic heterocycles. The van der Waals surface area contributed by atoms with Crippen LogP contribution in [-0.2, 0) is 17.8 Å². The van der Waals surface area contributed by atoms with Gasteiger partial charge in [-0.25, -0.2) is 0 Å². The van der Waals surface area contributed by atoms with Gasteiger partial charge >= 0.3 is 5.97 Å². The Morgan fingerprint density at radius 2 is 2.12 bits per heavy atom. The molecule has 86 valence electrons. The molecule has 0 radical (unpaired) electrons. The molecule has 0 aliphatic carbocycles. The molecule has 16 heavy (non-hydrogen) atoms. The quantitative estimate of drug-likeness (QED) is 0.776. The summed E-state index contributed by atoms with van der Waals surface area (Å²) in [6.45, 7) is 2.11. The second kappa shape index (κ2) is 4.63. The summed E-state index contributed by atoms with van der Waals surface area (Å²) in [6, 6.07) is 7.49. The minimum absolute atomic E-state index is 0.420. The van der Waals surface area contributed by atoms with Crippen molar-refractivity contribution in [3.05, 3.63) is 35.4 Å². The van der Waals surface area contributed by atoms with Crippen molar-refractivity contribution in [2.75, 3.05) is 13.1 Å². The number of fused-ring (bicyclic) bond motifs is 1. The predicted octanol–water partition coefficient (Wildman–Crippen LogP) is 0.457. The summed E-state index contributed by atoms with van der Waals surface area (Å²) in [5, 5.41) is 8.76. The average molecular weight is 220 g/mol. The molecule has 1 aromatic rings. The van der Waals surface area contributed by atoms with Gasteiger partial charge in [-0.05, 0) is 17.5 Å². The summed E-state index contributed by atoms with van der Waals surface area (Å²) in [5.74, 6) is -0.932. The molecule has 0 saturated carbocycles. The third kappa shape index (κ3) is 2.40. The molecule has 1 heterocycles. The zero-order chi connectivity index (χ0) is 11.5. The molecule has 0 aromatic heterocycles. The fraction of sp³-hybridized carbons (Fsp3) is 0.417. The Morgan fingerprint density at radius 1 is 1.44 bits per heavy atom. The van der Waals surface area contributed by atoms with Crippen LogP contribution >= 0.6 is 0 Å². The predicted molar refractivity (Wildman–Crippen MR) is 61.0 cm³/mol. The van der Waals surface area contributed by atoms with E-state index in [1.165, 1.54) is 11.1 Å². The number of hydrogen-bond donors (Lipinski definition) is 2.